The highest BCUT2D eigenvalue weighted by atomic mass is 16.5. The van der Waals surface area contributed by atoms with E-state index >= 15 is 0 Å². The molecule has 1 rings (SSSR count). The molecule has 5 nitrogen and oxygen atoms in total. The molecule has 0 aliphatic heterocycles. The number of hydrogen-bond acceptors (Lipinski definition) is 4. The molecule has 1 unspecified atom stereocenters. The third-order valence-electron chi connectivity index (χ3n) is 2.59. The van der Waals surface area contributed by atoms with Gasteiger partial charge in [-0.05, 0) is 31.2 Å². The summed E-state index contributed by atoms with van der Waals surface area (Å²) in [6.45, 7) is 1.78. The first-order valence-electron chi connectivity index (χ1n) is 5.48. The molecule has 0 aliphatic rings. The first kappa shape index (κ1) is 14.2. The first-order chi connectivity index (χ1) is 8.51. The fourth-order valence-corrected chi connectivity index (χ4v) is 1.37. The maximum absolute atomic E-state index is 11.2. The van der Waals surface area contributed by atoms with Crippen molar-refractivity contribution in [2.24, 2.45) is 0 Å². The highest BCUT2D eigenvalue weighted by Gasteiger charge is 2.35. The quantitative estimate of drug-likeness (QED) is 0.748. The lowest BCUT2D eigenvalue weighted by Gasteiger charge is -2.26. The van der Waals surface area contributed by atoms with Crippen molar-refractivity contribution in [2.75, 3.05) is 13.7 Å². The number of carboxylic acids is 1. The number of carbonyl (C=O) groups excluding carboxylic acids is 1. The lowest BCUT2D eigenvalue weighted by atomic mass is 10.0. The van der Waals surface area contributed by atoms with Crippen LogP contribution in [-0.4, -0.2) is 36.7 Å². The average molecular weight is 252 g/mol. The molecule has 0 radical (unpaired) electrons. The van der Waals surface area contributed by atoms with Crippen LogP contribution in [0, 0.1) is 0 Å². The van der Waals surface area contributed by atoms with E-state index in [-0.39, 0.29) is 13.0 Å². The lowest BCUT2D eigenvalue weighted by molar-refractivity contribution is -0.155. The zero-order valence-electron chi connectivity index (χ0n) is 10.4. The summed E-state index contributed by atoms with van der Waals surface area (Å²) in [7, 11) is 1.50. The highest BCUT2D eigenvalue weighted by molar-refractivity contribution is 5.77. The van der Waals surface area contributed by atoms with Gasteiger partial charge in [-0.15, -0.1) is 0 Å². The van der Waals surface area contributed by atoms with E-state index in [0.717, 1.165) is 0 Å². The van der Waals surface area contributed by atoms with Crippen LogP contribution in [0.25, 0.3) is 0 Å². The van der Waals surface area contributed by atoms with Gasteiger partial charge in [0.2, 0.25) is 5.60 Å². The van der Waals surface area contributed by atoms with Crippen molar-refractivity contribution in [3.63, 3.8) is 0 Å². The zero-order valence-corrected chi connectivity index (χ0v) is 10.4. The molecule has 0 spiro atoms. The van der Waals surface area contributed by atoms with Crippen molar-refractivity contribution >= 4 is 12.3 Å². The van der Waals surface area contributed by atoms with Gasteiger partial charge in [0, 0.05) is 19.1 Å². The summed E-state index contributed by atoms with van der Waals surface area (Å²) in [5.41, 5.74) is -0.838. The Bertz CT molecular complexity index is 412. The summed E-state index contributed by atoms with van der Waals surface area (Å²) in [5.74, 6) is -0.652. The Morgan fingerprint density at radius 3 is 2.44 bits per heavy atom. The Labute approximate surface area is 105 Å². The monoisotopic (exact) mass is 252 g/mol. The summed E-state index contributed by atoms with van der Waals surface area (Å²) < 4.78 is 10.3. The summed E-state index contributed by atoms with van der Waals surface area (Å²) >= 11 is 0. The number of aldehydes is 1. The van der Waals surface area contributed by atoms with Gasteiger partial charge in [0.15, 0.2) is 0 Å². The smallest absolute Gasteiger partial charge is 0.347 e. The van der Waals surface area contributed by atoms with Crippen LogP contribution < -0.4 is 4.74 Å². The number of ether oxygens (including phenoxy) is 2. The molecule has 0 saturated heterocycles. The van der Waals surface area contributed by atoms with E-state index in [1.807, 2.05) is 0 Å². The van der Waals surface area contributed by atoms with Crippen LogP contribution in [0.15, 0.2) is 24.3 Å². The Morgan fingerprint density at radius 2 is 2.00 bits per heavy atom. The minimum atomic E-state index is -1.35. The van der Waals surface area contributed by atoms with Gasteiger partial charge in [-0.3, -0.25) is 4.79 Å². The molecule has 0 heterocycles. The largest absolute Gasteiger partial charge is 0.478 e. The zero-order chi connectivity index (χ0) is 13.6. The van der Waals surface area contributed by atoms with Crippen LogP contribution in [-0.2, 0) is 9.53 Å². The highest BCUT2D eigenvalue weighted by Crippen LogP contribution is 2.22. The molecule has 1 atom stereocenters. The third kappa shape index (κ3) is 3.56. The molecule has 0 saturated carbocycles. The minimum Gasteiger partial charge on any atom is -0.478 e. The number of methoxy groups -OCH3 is 1. The minimum absolute atomic E-state index is 0.230. The molecule has 18 heavy (non-hydrogen) atoms. The van der Waals surface area contributed by atoms with Crippen molar-refractivity contribution < 1.29 is 24.2 Å². The molecule has 1 N–H and O–H groups in total. The van der Waals surface area contributed by atoms with Crippen LogP contribution in [0.2, 0.25) is 0 Å². The fraction of sp³-hybridized carbons (Fsp3) is 0.385. The second kappa shape index (κ2) is 6.16. The summed E-state index contributed by atoms with van der Waals surface area (Å²) in [6.07, 6.45) is 0.944. The van der Waals surface area contributed by atoms with Crippen molar-refractivity contribution in [2.45, 2.75) is 18.9 Å². The van der Waals surface area contributed by atoms with E-state index in [9.17, 15) is 14.7 Å². The fourth-order valence-electron chi connectivity index (χ4n) is 1.37. The van der Waals surface area contributed by atoms with Crippen molar-refractivity contribution in [1.82, 2.24) is 0 Å². The SMILES string of the molecule is COCCC(C)(Oc1ccc(C=O)cc1)C(=O)O. The van der Waals surface area contributed by atoms with Gasteiger partial charge in [0.25, 0.3) is 0 Å². The maximum atomic E-state index is 11.2. The second-order valence-corrected chi connectivity index (χ2v) is 4.07. The number of aliphatic carboxylic acids is 1. The predicted octanol–water partition coefficient (Wildman–Crippen LogP) is 1.76. The van der Waals surface area contributed by atoms with Crippen LogP contribution >= 0.6 is 0 Å². The molecular formula is C13H16O5. The molecule has 1 aromatic carbocycles. The van der Waals surface area contributed by atoms with E-state index in [2.05, 4.69) is 0 Å². The molecular weight excluding hydrogens is 236 g/mol. The average Bonchev–Trinajstić information content (AvgIpc) is 2.37. The topological polar surface area (TPSA) is 72.8 Å². The van der Waals surface area contributed by atoms with E-state index in [4.69, 9.17) is 9.47 Å². The molecule has 0 fully saturated rings. The second-order valence-electron chi connectivity index (χ2n) is 4.07. The third-order valence-corrected chi connectivity index (χ3v) is 2.59. The Kier molecular flexibility index (Phi) is 4.85. The van der Waals surface area contributed by atoms with Crippen molar-refractivity contribution in [1.29, 1.82) is 0 Å². The van der Waals surface area contributed by atoms with Gasteiger partial charge >= 0.3 is 5.97 Å². The van der Waals surface area contributed by atoms with Crippen LogP contribution in [0.1, 0.15) is 23.7 Å². The van der Waals surface area contributed by atoms with E-state index in [1.54, 1.807) is 24.3 Å². The standard InChI is InChI=1S/C13H16O5/c1-13(12(15)16,7-8-17-2)18-11-5-3-10(9-14)4-6-11/h3-6,9H,7-8H2,1-2H3,(H,15,16). The van der Waals surface area contributed by atoms with Gasteiger partial charge in [-0.1, -0.05) is 0 Å². The van der Waals surface area contributed by atoms with Gasteiger partial charge in [-0.2, -0.15) is 0 Å². The molecule has 0 aliphatic carbocycles. The maximum Gasteiger partial charge on any atom is 0.347 e. The molecule has 0 amide bonds. The van der Waals surface area contributed by atoms with E-state index in [1.165, 1.54) is 14.0 Å². The Balaban J connectivity index is 2.82. The summed E-state index contributed by atoms with van der Waals surface area (Å²) in [6, 6.07) is 6.28. The van der Waals surface area contributed by atoms with Crippen LogP contribution in [0.5, 0.6) is 5.75 Å². The van der Waals surface area contributed by atoms with Crippen molar-refractivity contribution in [3.8, 4) is 5.75 Å². The molecule has 1 aromatic rings. The van der Waals surface area contributed by atoms with Crippen LogP contribution in [0.3, 0.4) is 0 Å². The number of rotatable bonds is 7. The van der Waals surface area contributed by atoms with Gasteiger partial charge in [0.1, 0.15) is 12.0 Å². The number of carbonyl (C=O) groups is 2. The first-order valence-corrected chi connectivity index (χ1v) is 5.48. The predicted molar refractivity (Wildman–Crippen MR) is 65.0 cm³/mol. The van der Waals surface area contributed by atoms with Gasteiger partial charge in [-0.25, -0.2) is 4.79 Å². The number of benzene rings is 1. The summed E-state index contributed by atoms with van der Waals surface area (Å²) in [5, 5.41) is 9.18. The van der Waals surface area contributed by atoms with Gasteiger partial charge < -0.3 is 14.6 Å². The Hall–Kier alpha value is -1.88. The van der Waals surface area contributed by atoms with Crippen molar-refractivity contribution in [3.05, 3.63) is 29.8 Å². The van der Waals surface area contributed by atoms with Gasteiger partial charge in [0.05, 0.1) is 6.61 Å². The Morgan fingerprint density at radius 1 is 1.39 bits per heavy atom. The normalized spacial score (nSPS) is 13.7. The number of carboxylic acid groups (broad SMARTS) is 1. The lowest BCUT2D eigenvalue weighted by Crippen LogP contribution is -2.42. The van der Waals surface area contributed by atoms with E-state index < -0.39 is 11.6 Å². The molecule has 5 heteroatoms. The molecule has 98 valence electrons. The summed E-state index contributed by atoms with van der Waals surface area (Å²) in [4.78, 5) is 21.7. The molecule has 0 bridgehead atoms. The number of hydrogen-bond donors (Lipinski definition) is 1. The molecule has 0 aromatic heterocycles. The van der Waals surface area contributed by atoms with E-state index in [0.29, 0.717) is 17.6 Å². The van der Waals surface area contributed by atoms with Crippen LogP contribution in [0.4, 0.5) is 0 Å².